The third kappa shape index (κ3) is 2.52. The van der Waals surface area contributed by atoms with Crippen molar-refractivity contribution in [3.05, 3.63) is 0 Å². The zero-order valence-electron chi connectivity index (χ0n) is 9.20. The van der Waals surface area contributed by atoms with Gasteiger partial charge in [-0.3, -0.25) is 4.79 Å². The van der Waals surface area contributed by atoms with Crippen LogP contribution in [-0.4, -0.2) is 35.7 Å². The number of carboxylic acid groups (broad SMARTS) is 1. The molecule has 16 heavy (non-hydrogen) atoms. The minimum Gasteiger partial charge on any atom is -0.479 e. The molecule has 2 fully saturated rings. The predicted octanol–water partition coefficient (Wildman–Crippen LogP) is 0.536. The lowest BCUT2D eigenvalue weighted by atomic mass is 9.98. The number of ether oxygens (including phenoxy) is 1. The molecule has 0 radical (unpaired) electrons. The number of hydrogen-bond donors (Lipinski definition) is 2. The molecule has 1 saturated carbocycles. The average molecular weight is 227 g/mol. The normalized spacial score (nSPS) is 29.0. The Morgan fingerprint density at radius 2 is 2.19 bits per heavy atom. The Morgan fingerprint density at radius 1 is 1.44 bits per heavy atom. The maximum atomic E-state index is 11.6. The van der Waals surface area contributed by atoms with E-state index in [2.05, 4.69) is 5.32 Å². The monoisotopic (exact) mass is 227 g/mol. The highest BCUT2D eigenvalue weighted by Gasteiger charge is 2.43. The van der Waals surface area contributed by atoms with Crippen molar-refractivity contribution in [2.24, 2.45) is 5.92 Å². The van der Waals surface area contributed by atoms with E-state index in [0.717, 1.165) is 6.42 Å². The number of carbonyl (C=O) groups excluding carboxylic acids is 1. The van der Waals surface area contributed by atoms with Crippen LogP contribution in [0.25, 0.3) is 0 Å². The van der Waals surface area contributed by atoms with Crippen LogP contribution < -0.4 is 5.32 Å². The van der Waals surface area contributed by atoms with E-state index >= 15 is 0 Å². The van der Waals surface area contributed by atoms with E-state index in [1.54, 1.807) is 0 Å². The van der Waals surface area contributed by atoms with Crippen LogP contribution in [0.5, 0.6) is 0 Å². The Bertz CT molecular complexity index is 292. The van der Waals surface area contributed by atoms with Crippen molar-refractivity contribution in [3.8, 4) is 0 Å². The van der Waals surface area contributed by atoms with Gasteiger partial charge in [0.05, 0.1) is 6.61 Å². The molecule has 0 aromatic heterocycles. The fraction of sp³-hybridized carbons (Fsp3) is 0.818. The largest absolute Gasteiger partial charge is 0.479 e. The van der Waals surface area contributed by atoms with E-state index in [1.807, 2.05) is 0 Å². The molecular formula is C11H17NO4. The Balaban J connectivity index is 1.84. The highest BCUT2D eigenvalue weighted by molar-refractivity contribution is 5.87. The van der Waals surface area contributed by atoms with E-state index in [-0.39, 0.29) is 12.5 Å². The highest BCUT2D eigenvalue weighted by Crippen LogP contribution is 2.33. The summed E-state index contributed by atoms with van der Waals surface area (Å²) in [6, 6.07) is 0. The maximum Gasteiger partial charge on any atom is 0.331 e. The van der Waals surface area contributed by atoms with Crippen LogP contribution in [-0.2, 0) is 14.3 Å². The third-order valence-corrected chi connectivity index (χ3v) is 3.29. The number of aliphatic carboxylic acids is 1. The minimum atomic E-state index is -1.18. The number of nitrogens with one attached hydrogen (secondary N) is 1. The Kier molecular flexibility index (Phi) is 3.14. The van der Waals surface area contributed by atoms with Crippen molar-refractivity contribution in [2.75, 3.05) is 13.2 Å². The van der Waals surface area contributed by atoms with Gasteiger partial charge < -0.3 is 15.2 Å². The fourth-order valence-corrected chi connectivity index (χ4v) is 1.96. The maximum absolute atomic E-state index is 11.6. The summed E-state index contributed by atoms with van der Waals surface area (Å²) in [6.45, 7) is 0.479. The van der Waals surface area contributed by atoms with Crippen molar-refractivity contribution in [3.63, 3.8) is 0 Å². The quantitative estimate of drug-likeness (QED) is 0.718. The predicted molar refractivity (Wildman–Crippen MR) is 55.9 cm³/mol. The summed E-state index contributed by atoms with van der Waals surface area (Å²) < 4.78 is 5.07. The molecule has 1 heterocycles. The van der Waals surface area contributed by atoms with Crippen molar-refractivity contribution in [1.82, 2.24) is 5.32 Å². The molecule has 1 aliphatic carbocycles. The van der Waals surface area contributed by atoms with Crippen LogP contribution in [0.1, 0.15) is 32.1 Å². The third-order valence-electron chi connectivity index (χ3n) is 3.29. The molecule has 0 aromatic carbocycles. The topological polar surface area (TPSA) is 75.6 Å². The molecule has 0 aromatic rings. The van der Waals surface area contributed by atoms with Gasteiger partial charge in [0.2, 0.25) is 5.91 Å². The molecule has 1 unspecified atom stereocenters. The summed E-state index contributed by atoms with van der Waals surface area (Å²) in [4.78, 5) is 22.7. The van der Waals surface area contributed by atoms with Gasteiger partial charge in [-0.1, -0.05) is 12.8 Å². The van der Waals surface area contributed by atoms with Crippen LogP contribution in [0.4, 0.5) is 0 Å². The smallest absolute Gasteiger partial charge is 0.331 e. The van der Waals surface area contributed by atoms with Crippen LogP contribution in [0.3, 0.4) is 0 Å². The average Bonchev–Trinajstić information content (AvgIpc) is 2.95. The van der Waals surface area contributed by atoms with Crippen molar-refractivity contribution in [2.45, 2.75) is 37.6 Å². The summed E-state index contributed by atoms with van der Waals surface area (Å²) in [5.41, 5.74) is -1.18. The standard InChI is InChI=1S/C11H17NO4/c13-9(4-3-8-1-2-8)12-11(10(14)15)5-6-16-7-11/h8H,1-7H2,(H,12,13)(H,14,15). The van der Waals surface area contributed by atoms with Gasteiger partial charge in [0.25, 0.3) is 0 Å². The Labute approximate surface area is 94.2 Å². The first-order valence-electron chi connectivity index (χ1n) is 5.74. The zero-order chi connectivity index (χ0) is 11.6. The first kappa shape index (κ1) is 11.4. The number of carbonyl (C=O) groups is 2. The summed E-state index contributed by atoms with van der Waals surface area (Å²) in [5.74, 6) is -0.476. The van der Waals surface area contributed by atoms with E-state index in [1.165, 1.54) is 12.8 Å². The Hall–Kier alpha value is -1.10. The van der Waals surface area contributed by atoms with Gasteiger partial charge in [0.1, 0.15) is 0 Å². The first-order chi connectivity index (χ1) is 7.62. The fourth-order valence-electron chi connectivity index (χ4n) is 1.96. The summed E-state index contributed by atoms with van der Waals surface area (Å²) in [7, 11) is 0. The molecule has 2 rings (SSSR count). The molecule has 1 aliphatic heterocycles. The van der Waals surface area contributed by atoms with Gasteiger partial charge in [-0.05, 0) is 12.3 Å². The Morgan fingerprint density at radius 3 is 2.69 bits per heavy atom. The van der Waals surface area contributed by atoms with Crippen LogP contribution in [0.2, 0.25) is 0 Å². The van der Waals surface area contributed by atoms with Crippen molar-refractivity contribution >= 4 is 11.9 Å². The summed E-state index contributed by atoms with van der Waals surface area (Å²) >= 11 is 0. The number of amides is 1. The molecule has 90 valence electrons. The minimum absolute atomic E-state index is 0.0809. The number of hydrogen-bond acceptors (Lipinski definition) is 3. The SMILES string of the molecule is O=C(CCC1CC1)NC1(C(=O)O)CCOC1. The lowest BCUT2D eigenvalue weighted by Gasteiger charge is -2.23. The molecule has 0 bridgehead atoms. The molecule has 5 heteroatoms. The molecular weight excluding hydrogens is 210 g/mol. The second kappa shape index (κ2) is 4.41. The van der Waals surface area contributed by atoms with Crippen LogP contribution in [0, 0.1) is 5.92 Å². The van der Waals surface area contributed by atoms with E-state index in [0.29, 0.717) is 25.4 Å². The molecule has 0 spiro atoms. The van der Waals surface area contributed by atoms with E-state index in [4.69, 9.17) is 9.84 Å². The summed E-state index contributed by atoms with van der Waals surface area (Å²) in [6.07, 6.45) is 4.08. The molecule has 1 saturated heterocycles. The molecule has 5 nitrogen and oxygen atoms in total. The highest BCUT2D eigenvalue weighted by atomic mass is 16.5. The number of carboxylic acids is 1. The second-order valence-electron chi connectivity index (χ2n) is 4.72. The van der Waals surface area contributed by atoms with Crippen molar-refractivity contribution < 1.29 is 19.4 Å². The second-order valence-corrected chi connectivity index (χ2v) is 4.72. The lowest BCUT2D eigenvalue weighted by molar-refractivity contribution is -0.147. The van der Waals surface area contributed by atoms with Gasteiger partial charge in [-0.15, -0.1) is 0 Å². The van der Waals surface area contributed by atoms with Gasteiger partial charge in [0, 0.05) is 19.4 Å². The number of rotatable bonds is 5. The molecule has 2 N–H and O–H groups in total. The molecule has 1 atom stereocenters. The van der Waals surface area contributed by atoms with Gasteiger partial charge in [-0.25, -0.2) is 4.79 Å². The van der Waals surface area contributed by atoms with E-state index < -0.39 is 11.5 Å². The first-order valence-corrected chi connectivity index (χ1v) is 5.74. The van der Waals surface area contributed by atoms with Gasteiger partial charge >= 0.3 is 5.97 Å². The van der Waals surface area contributed by atoms with Crippen LogP contribution >= 0.6 is 0 Å². The summed E-state index contributed by atoms with van der Waals surface area (Å²) in [5, 5.41) is 11.7. The lowest BCUT2D eigenvalue weighted by Crippen LogP contribution is -2.55. The zero-order valence-corrected chi connectivity index (χ0v) is 9.20. The molecule has 1 amide bonds. The van der Waals surface area contributed by atoms with Crippen LogP contribution in [0.15, 0.2) is 0 Å². The van der Waals surface area contributed by atoms with Crippen molar-refractivity contribution in [1.29, 1.82) is 0 Å². The van der Waals surface area contributed by atoms with Gasteiger partial charge in [-0.2, -0.15) is 0 Å². The molecule has 2 aliphatic rings. The van der Waals surface area contributed by atoms with E-state index in [9.17, 15) is 9.59 Å². The van der Waals surface area contributed by atoms with Gasteiger partial charge in [0.15, 0.2) is 5.54 Å².